The number of hydrogen-bond donors (Lipinski definition) is 2. The summed E-state index contributed by atoms with van der Waals surface area (Å²) in [5, 5.41) is 6.41. The fourth-order valence-electron chi connectivity index (χ4n) is 3.70. The van der Waals surface area contributed by atoms with E-state index in [4.69, 9.17) is 16.3 Å². The lowest BCUT2D eigenvalue weighted by atomic mass is 10.1. The Hall–Kier alpha value is -2.61. The normalized spacial score (nSPS) is 15.7. The van der Waals surface area contributed by atoms with Crippen LogP contribution >= 0.6 is 11.6 Å². The van der Waals surface area contributed by atoms with Gasteiger partial charge in [0.2, 0.25) is 11.8 Å². The van der Waals surface area contributed by atoms with E-state index < -0.39 is 0 Å². The van der Waals surface area contributed by atoms with Crippen LogP contribution in [-0.2, 0) is 16.0 Å². The Morgan fingerprint density at radius 1 is 1.06 bits per heavy atom. The Balaban J connectivity index is 1.36. The largest absolute Gasteiger partial charge is 0.497 e. The number of piperazine rings is 1. The number of amides is 2. The molecule has 0 radical (unpaired) electrons. The predicted molar refractivity (Wildman–Crippen MR) is 127 cm³/mol. The third-order valence-corrected chi connectivity index (χ3v) is 6.05. The van der Waals surface area contributed by atoms with Crippen molar-refractivity contribution in [3.63, 3.8) is 0 Å². The highest BCUT2D eigenvalue weighted by Gasteiger charge is 2.26. The van der Waals surface area contributed by atoms with Gasteiger partial charge in [-0.15, -0.1) is 0 Å². The van der Waals surface area contributed by atoms with Crippen molar-refractivity contribution in [1.29, 1.82) is 0 Å². The first-order chi connectivity index (χ1) is 15.5. The van der Waals surface area contributed by atoms with Gasteiger partial charge in [0.15, 0.2) is 0 Å². The van der Waals surface area contributed by atoms with Crippen LogP contribution in [0.4, 0.5) is 5.69 Å². The molecule has 2 amide bonds. The van der Waals surface area contributed by atoms with Gasteiger partial charge in [0.1, 0.15) is 5.75 Å². The minimum Gasteiger partial charge on any atom is -0.497 e. The molecule has 0 aliphatic carbocycles. The molecule has 1 fully saturated rings. The molecule has 2 aromatic rings. The molecule has 0 aromatic heterocycles. The standard InChI is InChI=1S/C24H31ClN4O3/c1-18(24(31)26-12-11-19-7-9-20(32-2)10-8-19)29-15-13-28(14-16-29)17-23(30)27-22-6-4-3-5-21(22)25/h3-10,18H,11-17H2,1-2H3,(H,26,31)(H,27,30). The molecule has 1 saturated heterocycles. The van der Waals surface area contributed by atoms with E-state index in [0.717, 1.165) is 43.9 Å². The summed E-state index contributed by atoms with van der Waals surface area (Å²) in [6, 6.07) is 14.9. The van der Waals surface area contributed by atoms with E-state index in [2.05, 4.69) is 20.4 Å². The molecule has 1 aliphatic rings. The molecule has 1 heterocycles. The number of carbonyl (C=O) groups excluding carboxylic acids is 2. The quantitative estimate of drug-likeness (QED) is 0.604. The van der Waals surface area contributed by atoms with Gasteiger partial charge in [-0.2, -0.15) is 0 Å². The van der Waals surface area contributed by atoms with Crippen LogP contribution in [0.1, 0.15) is 12.5 Å². The Bertz CT molecular complexity index is 898. The predicted octanol–water partition coefficient (Wildman–Crippen LogP) is 2.65. The highest BCUT2D eigenvalue weighted by molar-refractivity contribution is 6.33. The van der Waals surface area contributed by atoms with Crippen molar-refractivity contribution >= 4 is 29.1 Å². The van der Waals surface area contributed by atoms with E-state index in [1.54, 1.807) is 19.2 Å². The Morgan fingerprint density at radius 3 is 2.41 bits per heavy atom. The number of para-hydroxylation sites is 1. The van der Waals surface area contributed by atoms with E-state index in [-0.39, 0.29) is 17.9 Å². The molecule has 7 nitrogen and oxygen atoms in total. The number of anilines is 1. The van der Waals surface area contributed by atoms with Gasteiger partial charge in [-0.05, 0) is 43.2 Å². The summed E-state index contributed by atoms with van der Waals surface area (Å²) in [7, 11) is 1.64. The molecule has 172 valence electrons. The van der Waals surface area contributed by atoms with E-state index in [0.29, 0.717) is 23.8 Å². The van der Waals surface area contributed by atoms with Crippen molar-refractivity contribution in [2.24, 2.45) is 0 Å². The van der Waals surface area contributed by atoms with E-state index in [9.17, 15) is 9.59 Å². The van der Waals surface area contributed by atoms with Gasteiger partial charge >= 0.3 is 0 Å². The zero-order valence-corrected chi connectivity index (χ0v) is 19.4. The molecule has 8 heteroatoms. The van der Waals surface area contributed by atoms with Crippen LogP contribution in [0.15, 0.2) is 48.5 Å². The monoisotopic (exact) mass is 458 g/mol. The second kappa shape index (κ2) is 11.9. The minimum atomic E-state index is -0.204. The molecule has 2 N–H and O–H groups in total. The van der Waals surface area contributed by atoms with Crippen LogP contribution < -0.4 is 15.4 Å². The molecule has 1 unspecified atom stereocenters. The second-order valence-electron chi connectivity index (χ2n) is 7.91. The zero-order valence-electron chi connectivity index (χ0n) is 18.6. The fraction of sp³-hybridized carbons (Fsp3) is 0.417. The smallest absolute Gasteiger partial charge is 0.238 e. The highest BCUT2D eigenvalue weighted by atomic mass is 35.5. The van der Waals surface area contributed by atoms with Gasteiger partial charge in [0, 0.05) is 32.7 Å². The molecule has 1 aliphatic heterocycles. The van der Waals surface area contributed by atoms with Crippen molar-refractivity contribution in [2.75, 3.05) is 51.7 Å². The first-order valence-electron chi connectivity index (χ1n) is 10.9. The Morgan fingerprint density at radius 2 is 1.75 bits per heavy atom. The van der Waals surface area contributed by atoms with Crippen LogP contribution in [0.3, 0.4) is 0 Å². The molecule has 0 saturated carbocycles. The second-order valence-corrected chi connectivity index (χ2v) is 8.31. The van der Waals surface area contributed by atoms with Gasteiger partial charge in [0.25, 0.3) is 0 Å². The number of nitrogens with one attached hydrogen (secondary N) is 2. The summed E-state index contributed by atoms with van der Waals surface area (Å²) in [6.45, 7) is 5.79. The van der Waals surface area contributed by atoms with Crippen LogP contribution in [0.5, 0.6) is 5.75 Å². The van der Waals surface area contributed by atoms with Crippen LogP contribution in [0.2, 0.25) is 5.02 Å². The van der Waals surface area contributed by atoms with Gasteiger partial charge < -0.3 is 15.4 Å². The van der Waals surface area contributed by atoms with Crippen molar-refractivity contribution in [3.05, 3.63) is 59.1 Å². The first-order valence-corrected chi connectivity index (χ1v) is 11.3. The zero-order chi connectivity index (χ0) is 22.9. The average molecular weight is 459 g/mol. The summed E-state index contributed by atoms with van der Waals surface area (Å²) >= 11 is 6.10. The first kappa shape index (κ1) is 24.0. The molecular weight excluding hydrogens is 428 g/mol. The minimum absolute atomic E-state index is 0.0309. The molecule has 3 rings (SSSR count). The van der Waals surface area contributed by atoms with E-state index in [1.165, 1.54) is 0 Å². The van der Waals surface area contributed by atoms with Gasteiger partial charge in [0.05, 0.1) is 30.4 Å². The maximum Gasteiger partial charge on any atom is 0.238 e. The van der Waals surface area contributed by atoms with Crippen LogP contribution in [-0.4, -0.2) is 74.0 Å². The molecule has 1 atom stereocenters. The van der Waals surface area contributed by atoms with E-state index >= 15 is 0 Å². The van der Waals surface area contributed by atoms with Crippen molar-refractivity contribution in [2.45, 2.75) is 19.4 Å². The lowest BCUT2D eigenvalue weighted by molar-refractivity contribution is -0.127. The van der Waals surface area contributed by atoms with E-state index in [1.807, 2.05) is 43.3 Å². The third-order valence-electron chi connectivity index (χ3n) is 5.72. The number of hydrogen-bond acceptors (Lipinski definition) is 5. The Kier molecular flexibility index (Phi) is 8.90. The molecule has 0 spiro atoms. The lowest BCUT2D eigenvalue weighted by Gasteiger charge is -2.37. The molecule has 32 heavy (non-hydrogen) atoms. The third kappa shape index (κ3) is 6.95. The summed E-state index contributed by atoms with van der Waals surface area (Å²) < 4.78 is 5.16. The van der Waals surface area contributed by atoms with Crippen LogP contribution in [0.25, 0.3) is 0 Å². The summed E-state index contributed by atoms with van der Waals surface area (Å²) in [4.78, 5) is 29.1. The topological polar surface area (TPSA) is 73.9 Å². The number of nitrogens with zero attached hydrogens (tertiary/aromatic N) is 2. The number of ether oxygens (including phenoxy) is 1. The SMILES string of the molecule is COc1ccc(CCNC(=O)C(C)N2CCN(CC(=O)Nc3ccccc3Cl)CC2)cc1. The number of benzene rings is 2. The van der Waals surface area contributed by atoms with Gasteiger partial charge in [-0.25, -0.2) is 0 Å². The van der Waals surface area contributed by atoms with Crippen LogP contribution in [0, 0.1) is 0 Å². The Labute approximate surface area is 194 Å². The maximum absolute atomic E-state index is 12.6. The van der Waals surface area contributed by atoms with Gasteiger partial charge in [-0.1, -0.05) is 35.9 Å². The summed E-state index contributed by atoms with van der Waals surface area (Å²) in [5.41, 5.74) is 1.78. The van der Waals surface area contributed by atoms with Crippen molar-refractivity contribution < 1.29 is 14.3 Å². The highest BCUT2D eigenvalue weighted by Crippen LogP contribution is 2.20. The summed E-state index contributed by atoms with van der Waals surface area (Å²) in [5.74, 6) is 0.770. The lowest BCUT2D eigenvalue weighted by Crippen LogP contribution is -2.54. The number of halogens is 1. The number of carbonyl (C=O) groups is 2. The molecular formula is C24H31ClN4O3. The number of methoxy groups -OCH3 is 1. The van der Waals surface area contributed by atoms with Crippen molar-refractivity contribution in [1.82, 2.24) is 15.1 Å². The fourth-order valence-corrected chi connectivity index (χ4v) is 3.88. The maximum atomic E-state index is 12.6. The van der Waals surface area contributed by atoms with Crippen molar-refractivity contribution in [3.8, 4) is 5.75 Å². The summed E-state index contributed by atoms with van der Waals surface area (Å²) in [6.07, 6.45) is 0.775. The average Bonchev–Trinajstić information content (AvgIpc) is 2.81. The number of rotatable bonds is 9. The molecule has 0 bridgehead atoms. The molecule has 2 aromatic carbocycles. The van der Waals surface area contributed by atoms with Gasteiger partial charge in [-0.3, -0.25) is 19.4 Å².